The van der Waals surface area contributed by atoms with Crippen molar-refractivity contribution in [3.8, 4) is 0 Å². The second-order valence-corrected chi connectivity index (χ2v) is 8.35. The zero-order valence-corrected chi connectivity index (χ0v) is 16.6. The van der Waals surface area contributed by atoms with E-state index in [0.717, 1.165) is 19.4 Å². The van der Waals surface area contributed by atoms with Gasteiger partial charge >= 0.3 is 0 Å². The molecule has 1 amide bonds. The number of carbonyl (C=O) groups excluding carboxylic acids is 1. The summed E-state index contributed by atoms with van der Waals surface area (Å²) in [6.07, 6.45) is -2.65. The number of aliphatic hydroxyl groups excluding tert-OH is 4. The maximum atomic E-state index is 12.8. The number of rotatable bonds is 6. The van der Waals surface area contributed by atoms with Crippen molar-refractivity contribution in [3.63, 3.8) is 0 Å². The lowest BCUT2D eigenvalue weighted by molar-refractivity contribution is -0.211. The standard InChI is InChI=1S/C17H32N2O6S/c1-5-9-6-10(19(3)7-9)16(24)18-11(8(2)20)15-13(22)12(21)14(23)17(25-15)26-4/h8-15,17,20-23H,5-7H2,1-4H3,(H,18,24)/t8-,9+,10-,11+,12-,13+,14+,15+,17+/m0/s1. The summed E-state index contributed by atoms with van der Waals surface area (Å²) in [5.41, 5.74) is -0.754. The van der Waals surface area contributed by atoms with E-state index >= 15 is 0 Å². The molecule has 2 saturated heterocycles. The lowest BCUT2D eigenvalue weighted by Gasteiger charge is -2.44. The van der Waals surface area contributed by atoms with Gasteiger partial charge in [0.25, 0.3) is 0 Å². The number of thioether (sulfide) groups is 1. The van der Waals surface area contributed by atoms with Crippen LogP contribution in [0.5, 0.6) is 0 Å². The second-order valence-electron chi connectivity index (χ2n) is 7.42. The van der Waals surface area contributed by atoms with E-state index in [1.165, 1.54) is 18.7 Å². The van der Waals surface area contributed by atoms with Gasteiger partial charge in [-0.1, -0.05) is 13.3 Å². The van der Waals surface area contributed by atoms with Gasteiger partial charge in [-0.25, -0.2) is 0 Å². The molecule has 2 fully saturated rings. The summed E-state index contributed by atoms with van der Waals surface area (Å²) in [6, 6.07) is -1.20. The lowest BCUT2D eigenvalue weighted by atomic mass is 9.92. The van der Waals surface area contributed by atoms with Crippen LogP contribution in [-0.4, -0.2) is 99.1 Å². The van der Waals surface area contributed by atoms with Crippen LogP contribution in [0.4, 0.5) is 0 Å². The van der Waals surface area contributed by atoms with Crippen molar-refractivity contribution < 1.29 is 30.0 Å². The molecule has 0 radical (unpaired) electrons. The van der Waals surface area contributed by atoms with Crippen LogP contribution in [0, 0.1) is 5.92 Å². The summed E-state index contributed by atoms with van der Waals surface area (Å²) in [6.45, 7) is 4.44. The number of ether oxygens (including phenoxy) is 1. The number of likely N-dealkylation sites (N-methyl/N-ethyl adjacent to an activating group) is 1. The average Bonchev–Trinajstić information content (AvgIpc) is 2.99. The Hall–Kier alpha value is -0.420. The molecule has 0 unspecified atom stereocenters. The van der Waals surface area contributed by atoms with E-state index in [-0.39, 0.29) is 11.9 Å². The molecule has 2 aliphatic heterocycles. The summed E-state index contributed by atoms with van der Waals surface area (Å²) < 4.78 is 5.70. The molecule has 0 bridgehead atoms. The number of hydrogen-bond donors (Lipinski definition) is 5. The molecule has 0 aromatic heterocycles. The fourth-order valence-corrected chi connectivity index (χ4v) is 4.49. The van der Waals surface area contributed by atoms with Crippen molar-refractivity contribution in [2.24, 2.45) is 5.92 Å². The first kappa shape index (κ1) is 21.9. The van der Waals surface area contributed by atoms with E-state index in [0.29, 0.717) is 5.92 Å². The Balaban J connectivity index is 2.11. The largest absolute Gasteiger partial charge is 0.391 e. The summed E-state index contributed by atoms with van der Waals surface area (Å²) in [5, 5.41) is 43.4. The highest BCUT2D eigenvalue weighted by molar-refractivity contribution is 7.99. The van der Waals surface area contributed by atoms with Crippen molar-refractivity contribution in [2.45, 2.75) is 74.7 Å². The smallest absolute Gasteiger partial charge is 0.237 e. The first-order valence-corrected chi connectivity index (χ1v) is 10.4. The predicted octanol–water partition coefficient (Wildman–Crippen LogP) is -1.25. The Labute approximate surface area is 158 Å². The first-order valence-electron chi connectivity index (χ1n) is 9.12. The molecule has 2 aliphatic rings. The van der Waals surface area contributed by atoms with Gasteiger partial charge in [0.15, 0.2) is 0 Å². The molecular formula is C17H32N2O6S. The van der Waals surface area contributed by atoms with Gasteiger partial charge in [-0.3, -0.25) is 9.69 Å². The summed E-state index contributed by atoms with van der Waals surface area (Å²) >= 11 is 1.19. The number of likely N-dealkylation sites (tertiary alicyclic amines) is 1. The molecular weight excluding hydrogens is 360 g/mol. The third kappa shape index (κ3) is 4.52. The highest BCUT2D eigenvalue weighted by Crippen LogP contribution is 2.30. The van der Waals surface area contributed by atoms with Gasteiger partial charge in [-0.15, -0.1) is 11.8 Å². The van der Waals surface area contributed by atoms with E-state index in [1.807, 2.05) is 11.9 Å². The van der Waals surface area contributed by atoms with Gasteiger partial charge in [0.1, 0.15) is 29.9 Å². The maximum Gasteiger partial charge on any atom is 0.237 e. The second kappa shape index (κ2) is 9.18. The summed E-state index contributed by atoms with van der Waals surface area (Å²) in [5.74, 6) is 0.224. The molecule has 9 atom stereocenters. The Morgan fingerprint density at radius 2 is 1.96 bits per heavy atom. The lowest BCUT2D eigenvalue weighted by Crippen LogP contribution is -2.65. The Kier molecular flexibility index (Phi) is 7.73. The molecule has 9 heteroatoms. The fourth-order valence-electron chi connectivity index (χ4n) is 3.81. The van der Waals surface area contributed by atoms with Crippen LogP contribution in [0.15, 0.2) is 0 Å². The maximum absolute atomic E-state index is 12.8. The molecule has 0 aromatic carbocycles. The van der Waals surface area contributed by atoms with Gasteiger partial charge in [-0.05, 0) is 32.6 Å². The molecule has 152 valence electrons. The van der Waals surface area contributed by atoms with Crippen LogP contribution in [-0.2, 0) is 9.53 Å². The summed E-state index contributed by atoms with van der Waals surface area (Å²) in [7, 11) is 1.90. The minimum absolute atomic E-state index is 0.230. The van der Waals surface area contributed by atoms with Crippen LogP contribution in [0.2, 0.25) is 0 Å². The highest BCUT2D eigenvalue weighted by atomic mass is 32.2. The topological polar surface area (TPSA) is 122 Å². The van der Waals surface area contributed by atoms with Gasteiger partial charge in [0.2, 0.25) is 5.91 Å². The molecule has 0 saturated carbocycles. The number of carbonyl (C=O) groups is 1. The Bertz CT molecular complexity index is 480. The fraction of sp³-hybridized carbons (Fsp3) is 0.941. The van der Waals surface area contributed by atoms with Crippen molar-refractivity contribution in [1.82, 2.24) is 10.2 Å². The third-order valence-corrected chi connectivity index (χ3v) is 6.39. The van der Waals surface area contributed by atoms with Crippen molar-refractivity contribution in [1.29, 1.82) is 0 Å². The van der Waals surface area contributed by atoms with E-state index in [4.69, 9.17) is 4.74 Å². The molecule has 26 heavy (non-hydrogen) atoms. The number of hydrogen-bond acceptors (Lipinski definition) is 8. The zero-order valence-electron chi connectivity index (χ0n) is 15.8. The molecule has 0 aromatic rings. The van der Waals surface area contributed by atoms with Gasteiger partial charge in [0.05, 0.1) is 18.2 Å². The molecule has 5 N–H and O–H groups in total. The predicted molar refractivity (Wildman–Crippen MR) is 98.6 cm³/mol. The van der Waals surface area contributed by atoms with E-state index in [1.54, 1.807) is 6.26 Å². The molecule has 0 aliphatic carbocycles. The number of nitrogens with one attached hydrogen (secondary N) is 1. The van der Waals surface area contributed by atoms with E-state index in [9.17, 15) is 25.2 Å². The minimum Gasteiger partial charge on any atom is -0.391 e. The van der Waals surface area contributed by atoms with Crippen molar-refractivity contribution in [2.75, 3.05) is 19.8 Å². The highest BCUT2D eigenvalue weighted by Gasteiger charge is 2.48. The van der Waals surface area contributed by atoms with E-state index < -0.39 is 42.0 Å². The van der Waals surface area contributed by atoms with Crippen LogP contribution < -0.4 is 5.32 Å². The number of aliphatic hydroxyl groups is 4. The molecule has 0 spiro atoms. The quantitative estimate of drug-likeness (QED) is 0.380. The molecule has 2 rings (SSSR count). The third-order valence-electron chi connectivity index (χ3n) is 5.54. The average molecular weight is 393 g/mol. The monoisotopic (exact) mass is 392 g/mol. The normalized spacial score (nSPS) is 41.0. The van der Waals surface area contributed by atoms with Crippen LogP contribution in [0.25, 0.3) is 0 Å². The first-order chi connectivity index (χ1) is 12.2. The van der Waals surface area contributed by atoms with Crippen LogP contribution in [0.1, 0.15) is 26.7 Å². The minimum atomic E-state index is -1.42. The Morgan fingerprint density at radius 1 is 1.31 bits per heavy atom. The van der Waals surface area contributed by atoms with Gasteiger partial charge in [0, 0.05) is 6.54 Å². The molecule has 2 heterocycles. The van der Waals surface area contributed by atoms with E-state index in [2.05, 4.69) is 12.2 Å². The number of nitrogens with zero attached hydrogens (tertiary/aromatic N) is 1. The SMILES string of the molecule is CC[C@@H]1C[C@@H](C(=O)N[C@@H]([C@H]2O[C@H](SC)[C@H](O)[C@@H](O)[C@H]2O)[C@H](C)O)N(C)C1. The van der Waals surface area contributed by atoms with Crippen molar-refractivity contribution in [3.05, 3.63) is 0 Å². The van der Waals surface area contributed by atoms with Crippen molar-refractivity contribution >= 4 is 17.7 Å². The number of amides is 1. The van der Waals surface area contributed by atoms with Gasteiger partial charge < -0.3 is 30.5 Å². The van der Waals surface area contributed by atoms with Gasteiger partial charge in [-0.2, -0.15) is 0 Å². The van der Waals surface area contributed by atoms with Crippen LogP contribution >= 0.6 is 11.8 Å². The summed E-state index contributed by atoms with van der Waals surface area (Å²) in [4.78, 5) is 14.8. The Morgan fingerprint density at radius 3 is 2.46 bits per heavy atom. The zero-order chi connectivity index (χ0) is 19.6. The molecule has 8 nitrogen and oxygen atoms in total. The van der Waals surface area contributed by atoms with Crippen LogP contribution in [0.3, 0.4) is 0 Å².